The molecule has 0 aliphatic carbocycles. The minimum atomic E-state index is -4.42. The third-order valence-electron chi connectivity index (χ3n) is 2.68. The zero-order chi connectivity index (χ0) is 14.2. The van der Waals surface area contributed by atoms with Gasteiger partial charge in [-0.3, -0.25) is 4.79 Å². The summed E-state index contributed by atoms with van der Waals surface area (Å²) < 4.78 is 38.5. The summed E-state index contributed by atoms with van der Waals surface area (Å²) in [5, 5.41) is 3.95. The van der Waals surface area contributed by atoms with Crippen LogP contribution in [-0.4, -0.2) is 20.5 Å². The van der Waals surface area contributed by atoms with Crippen LogP contribution in [-0.2, 0) is 6.18 Å². The molecule has 0 radical (unpaired) electrons. The lowest BCUT2D eigenvalue weighted by molar-refractivity contribution is -0.137. The van der Waals surface area contributed by atoms with Crippen molar-refractivity contribution in [2.75, 3.05) is 0 Å². The molecule has 2 aromatic heterocycles. The van der Waals surface area contributed by atoms with Gasteiger partial charge in [0.25, 0.3) is 0 Å². The molecule has 0 atom stereocenters. The summed E-state index contributed by atoms with van der Waals surface area (Å²) in [6.45, 7) is 3.05. The standard InChI is InChI=1S/C12H10F3N3O/c1-7-10(8(2)19)6-17-18(7)11-4-3-9(5-16-11)12(13,14)15/h3-6H,1-2H3. The van der Waals surface area contributed by atoms with Crippen LogP contribution in [0.4, 0.5) is 13.2 Å². The molecule has 0 saturated heterocycles. The van der Waals surface area contributed by atoms with Crippen molar-refractivity contribution in [3.05, 3.63) is 41.3 Å². The van der Waals surface area contributed by atoms with Gasteiger partial charge in [0.2, 0.25) is 0 Å². The van der Waals surface area contributed by atoms with Gasteiger partial charge in [0.15, 0.2) is 11.6 Å². The van der Waals surface area contributed by atoms with E-state index in [4.69, 9.17) is 0 Å². The molecule has 0 spiro atoms. The van der Waals surface area contributed by atoms with E-state index in [9.17, 15) is 18.0 Å². The van der Waals surface area contributed by atoms with Gasteiger partial charge >= 0.3 is 6.18 Å². The molecular weight excluding hydrogens is 259 g/mol. The van der Waals surface area contributed by atoms with Crippen LogP contribution in [0.15, 0.2) is 24.5 Å². The van der Waals surface area contributed by atoms with Crippen LogP contribution in [0, 0.1) is 6.92 Å². The van der Waals surface area contributed by atoms with Crippen molar-refractivity contribution in [1.82, 2.24) is 14.8 Å². The van der Waals surface area contributed by atoms with Crippen LogP contribution in [0.5, 0.6) is 0 Å². The summed E-state index contributed by atoms with van der Waals surface area (Å²) in [4.78, 5) is 15.0. The Kier molecular flexibility index (Phi) is 3.13. The van der Waals surface area contributed by atoms with E-state index in [1.165, 1.54) is 23.9 Å². The number of aromatic nitrogens is 3. The molecule has 0 unspecified atom stereocenters. The number of rotatable bonds is 2. The molecule has 0 saturated carbocycles. The summed E-state index contributed by atoms with van der Waals surface area (Å²) in [5.74, 6) is 0.0775. The van der Waals surface area contributed by atoms with E-state index in [0.717, 1.165) is 12.3 Å². The van der Waals surface area contributed by atoms with Gasteiger partial charge in [-0.25, -0.2) is 9.67 Å². The fourth-order valence-corrected chi connectivity index (χ4v) is 1.67. The van der Waals surface area contributed by atoms with Gasteiger partial charge in [0.1, 0.15) is 0 Å². The quantitative estimate of drug-likeness (QED) is 0.787. The zero-order valence-corrected chi connectivity index (χ0v) is 10.2. The number of carbonyl (C=O) groups excluding carboxylic acids is 1. The second-order valence-corrected chi connectivity index (χ2v) is 4.01. The zero-order valence-electron chi connectivity index (χ0n) is 10.2. The first-order chi connectivity index (χ1) is 8.80. The number of ketones is 1. The maximum absolute atomic E-state index is 12.4. The molecule has 19 heavy (non-hydrogen) atoms. The maximum Gasteiger partial charge on any atom is 0.417 e. The molecular formula is C12H10F3N3O. The van der Waals surface area contributed by atoms with E-state index in [0.29, 0.717) is 11.3 Å². The van der Waals surface area contributed by atoms with E-state index in [2.05, 4.69) is 10.1 Å². The first-order valence-electron chi connectivity index (χ1n) is 5.40. The van der Waals surface area contributed by atoms with Gasteiger partial charge in [0.05, 0.1) is 23.0 Å². The molecule has 2 aromatic rings. The summed E-state index contributed by atoms with van der Waals surface area (Å²) >= 11 is 0. The highest BCUT2D eigenvalue weighted by Gasteiger charge is 2.30. The van der Waals surface area contributed by atoms with Gasteiger partial charge in [-0.2, -0.15) is 18.3 Å². The first kappa shape index (κ1) is 13.3. The maximum atomic E-state index is 12.4. The highest BCUT2D eigenvalue weighted by Crippen LogP contribution is 2.28. The Morgan fingerprint density at radius 3 is 2.37 bits per heavy atom. The van der Waals surface area contributed by atoms with Crippen LogP contribution in [0.3, 0.4) is 0 Å². The summed E-state index contributed by atoms with van der Waals surface area (Å²) in [6.07, 6.45) is -2.31. The SMILES string of the molecule is CC(=O)c1cnn(-c2ccc(C(F)(F)F)cn2)c1C. The minimum absolute atomic E-state index is 0.157. The lowest BCUT2D eigenvalue weighted by Crippen LogP contribution is -2.08. The van der Waals surface area contributed by atoms with Crippen LogP contribution >= 0.6 is 0 Å². The van der Waals surface area contributed by atoms with Gasteiger partial charge in [-0.15, -0.1) is 0 Å². The Labute approximate surface area is 106 Å². The molecule has 100 valence electrons. The molecule has 0 fully saturated rings. The fourth-order valence-electron chi connectivity index (χ4n) is 1.67. The predicted octanol–water partition coefficient (Wildman–Crippen LogP) is 2.80. The first-order valence-corrected chi connectivity index (χ1v) is 5.40. The van der Waals surface area contributed by atoms with Crippen molar-refractivity contribution < 1.29 is 18.0 Å². The number of pyridine rings is 1. The average molecular weight is 269 g/mol. The smallest absolute Gasteiger partial charge is 0.294 e. The summed E-state index contributed by atoms with van der Waals surface area (Å²) in [5.41, 5.74) is 0.134. The monoisotopic (exact) mass is 269 g/mol. The van der Waals surface area contributed by atoms with Crippen molar-refractivity contribution in [2.45, 2.75) is 20.0 Å². The van der Waals surface area contributed by atoms with Crippen molar-refractivity contribution in [3.63, 3.8) is 0 Å². The number of carbonyl (C=O) groups is 1. The lowest BCUT2D eigenvalue weighted by Gasteiger charge is -2.08. The van der Waals surface area contributed by atoms with Crippen LogP contribution in [0.2, 0.25) is 0 Å². The van der Waals surface area contributed by atoms with E-state index < -0.39 is 11.7 Å². The molecule has 7 heteroatoms. The van der Waals surface area contributed by atoms with Gasteiger partial charge in [-0.1, -0.05) is 0 Å². The molecule has 0 amide bonds. The molecule has 2 rings (SSSR count). The van der Waals surface area contributed by atoms with Crippen LogP contribution in [0.1, 0.15) is 28.5 Å². The number of hydrogen-bond donors (Lipinski definition) is 0. The number of halogens is 3. The third-order valence-corrected chi connectivity index (χ3v) is 2.68. The Morgan fingerprint density at radius 1 is 1.26 bits per heavy atom. The van der Waals surface area contributed by atoms with Gasteiger partial charge < -0.3 is 0 Å². The third kappa shape index (κ3) is 2.49. The summed E-state index contributed by atoms with van der Waals surface area (Å²) in [7, 11) is 0. The second-order valence-electron chi connectivity index (χ2n) is 4.01. The average Bonchev–Trinajstić information content (AvgIpc) is 2.70. The van der Waals surface area contributed by atoms with Crippen molar-refractivity contribution in [1.29, 1.82) is 0 Å². The van der Waals surface area contributed by atoms with E-state index in [1.807, 2.05) is 0 Å². The van der Waals surface area contributed by atoms with Gasteiger partial charge in [-0.05, 0) is 26.0 Å². The molecule has 4 nitrogen and oxygen atoms in total. The second kappa shape index (κ2) is 4.49. The Balaban J connectivity index is 2.41. The number of Topliss-reactive ketones (excluding diaryl/α,β-unsaturated/α-hetero) is 1. The molecule has 0 aromatic carbocycles. The highest BCUT2D eigenvalue weighted by atomic mass is 19.4. The van der Waals surface area contributed by atoms with E-state index in [1.54, 1.807) is 6.92 Å². The van der Waals surface area contributed by atoms with Crippen molar-refractivity contribution in [2.24, 2.45) is 0 Å². The Hall–Kier alpha value is -2.18. The number of hydrogen-bond acceptors (Lipinski definition) is 3. The normalized spacial score (nSPS) is 11.6. The topological polar surface area (TPSA) is 47.8 Å². The van der Waals surface area contributed by atoms with E-state index in [-0.39, 0.29) is 11.6 Å². The molecule has 0 aliphatic heterocycles. The van der Waals surface area contributed by atoms with Crippen molar-refractivity contribution >= 4 is 5.78 Å². The Bertz CT molecular complexity index is 614. The fraction of sp³-hybridized carbons (Fsp3) is 0.250. The minimum Gasteiger partial charge on any atom is -0.294 e. The number of alkyl halides is 3. The lowest BCUT2D eigenvalue weighted by atomic mass is 10.2. The van der Waals surface area contributed by atoms with Crippen LogP contribution in [0.25, 0.3) is 5.82 Å². The van der Waals surface area contributed by atoms with E-state index >= 15 is 0 Å². The molecule has 0 N–H and O–H groups in total. The largest absolute Gasteiger partial charge is 0.417 e. The Morgan fingerprint density at radius 2 is 1.95 bits per heavy atom. The summed E-state index contributed by atoms with van der Waals surface area (Å²) in [6, 6.07) is 2.14. The molecule has 0 bridgehead atoms. The van der Waals surface area contributed by atoms with Crippen LogP contribution < -0.4 is 0 Å². The number of nitrogens with zero attached hydrogens (tertiary/aromatic N) is 3. The highest BCUT2D eigenvalue weighted by molar-refractivity contribution is 5.94. The van der Waals surface area contributed by atoms with Gasteiger partial charge in [0, 0.05) is 6.20 Å². The molecule has 2 heterocycles. The predicted molar refractivity (Wildman–Crippen MR) is 61.1 cm³/mol. The van der Waals surface area contributed by atoms with Crippen molar-refractivity contribution in [3.8, 4) is 5.82 Å². The molecule has 0 aliphatic rings.